The van der Waals surface area contributed by atoms with Crippen LogP contribution >= 0.6 is 0 Å². The van der Waals surface area contributed by atoms with Crippen molar-refractivity contribution in [2.24, 2.45) is 0 Å². The van der Waals surface area contributed by atoms with Gasteiger partial charge in [-0.1, -0.05) is 0 Å². The van der Waals surface area contributed by atoms with Gasteiger partial charge in [0.25, 0.3) is 0 Å². The fourth-order valence-corrected chi connectivity index (χ4v) is 2.00. The highest BCUT2D eigenvalue weighted by Crippen LogP contribution is 2.18. The largest absolute Gasteiger partial charge is 0.479 e. The zero-order chi connectivity index (χ0) is 13.5. The molecular formula is C10H18N2O5S. The quantitative estimate of drug-likeness (QED) is 0.595. The number of carboxylic acid groups (broad SMARTS) is 1. The minimum Gasteiger partial charge on any atom is -0.479 e. The molecule has 0 radical (unpaired) electrons. The number of nitrogens with one attached hydrogen (secondary N) is 2. The number of rotatable bonds is 6. The van der Waals surface area contributed by atoms with Gasteiger partial charge in [0, 0.05) is 35.9 Å². The van der Waals surface area contributed by atoms with Gasteiger partial charge in [-0.15, -0.1) is 0 Å². The van der Waals surface area contributed by atoms with Crippen molar-refractivity contribution in [1.82, 2.24) is 10.6 Å². The van der Waals surface area contributed by atoms with Crippen LogP contribution in [0.15, 0.2) is 0 Å². The molecule has 8 heteroatoms. The Bertz CT molecular complexity index is 336. The van der Waals surface area contributed by atoms with E-state index in [1.807, 2.05) is 0 Å². The first-order chi connectivity index (χ1) is 8.49. The van der Waals surface area contributed by atoms with Gasteiger partial charge in [0.05, 0.1) is 6.10 Å². The lowest BCUT2D eigenvalue weighted by Gasteiger charge is -2.12. The Labute approximate surface area is 108 Å². The molecule has 0 aromatic carbocycles. The van der Waals surface area contributed by atoms with E-state index in [-0.39, 0.29) is 18.7 Å². The van der Waals surface area contributed by atoms with E-state index in [0.29, 0.717) is 25.1 Å². The molecule has 18 heavy (non-hydrogen) atoms. The Kier molecular flexibility index (Phi) is 6.06. The van der Waals surface area contributed by atoms with Crippen LogP contribution in [0, 0.1) is 0 Å². The summed E-state index contributed by atoms with van der Waals surface area (Å²) in [6.45, 7) is 0.628. The van der Waals surface area contributed by atoms with Gasteiger partial charge in [0.15, 0.2) is 6.10 Å². The first-order valence-electron chi connectivity index (χ1n) is 5.69. The molecule has 0 spiro atoms. The molecule has 104 valence electrons. The zero-order valence-electron chi connectivity index (χ0n) is 10.2. The van der Waals surface area contributed by atoms with Gasteiger partial charge in [-0.3, -0.25) is 4.21 Å². The van der Waals surface area contributed by atoms with Crippen molar-refractivity contribution in [3.8, 4) is 0 Å². The van der Waals surface area contributed by atoms with Crippen LogP contribution in [0.4, 0.5) is 4.79 Å². The van der Waals surface area contributed by atoms with Crippen LogP contribution in [-0.4, -0.2) is 58.6 Å². The van der Waals surface area contributed by atoms with Gasteiger partial charge in [0.1, 0.15) is 0 Å². The van der Waals surface area contributed by atoms with Gasteiger partial charge < -0.3 is 20.5 Å². The van der Waals surface area contributed by atoms with E-state index in [1.54, 1.807) is 6.26 Å². The summed E-state index contributed by atoms with van der Waals surface area (Å²) in [5.41, 5.74) is 0. The van der Waals surface area contributed by atoms with Gasteiger partial charge in [0.2, 0.25) is 0 Å². The van der Waals surface area contributed by atoms with E-state index in [1.165, 1.54) is 0 Å². The topological polar surface area (TPSA) is 105 Å². The third-order valence-electron chi connectivity index (χ3n) is 2.55. The van der Waals surface area contributed by atoms with E-state index in [9.17, 15) is 13.8 Å². The van der Waals surface area contributed by atoms with Crippen molar-refractivity contribution in [2.75, 3.05) is 25.1 Å². The summed E-state index contributed by atoms with van der Waals surface area (Å²) >= 11 is 0. The maximum atomic E-state index is 11.3. The smallest absolute Gasteiger partial charge is 0.332 e. The predicted octanol–water partition coefficient (Wildman–Crippen LogP) is -0.704. The zero-order valence-corrected chi connectivity index (χ0v) is 11.0. The van der Waals surface area contributed by atoms with Crippen molar-refractivity contribution < 1.29 is 23.6 Å². The molecule has 0 aromatic rings. The van der Waals surface area contributed by atoms with E-state index < -0.39 is 22.9 Å². The maximum Gasteiger partial charge on any atom is 0.332 e. The summed E-state index contributed by atoms with van der Waals surface area (Å²) < 4.78 is 16.0. The molecule has 0 aliphatic carbocycles. The molecule has 3 unspecified atom stereocenters. The summed E-state index contributed by atoms with van der Waals surface area (Å²) in [5, 5.41) is 13.9. The summed E-state index contributed by atoms with van der Waals surface area (Å²) in [6.07, 6.45) is 1.64. The predicted molar refractivity (Wildman–Crippen MR) is 65.9 cm³/mol. The molecule has 7 nitrogen and oxygen atoms in total. The van der Waals surface area contributed by atoms with Crippen molar-refractivity contribution in [3.05, 3.63) is 0 Å². The third kappa shape index (κ3) is 5.46. The highest BCUT2D eigenvalue weighted by molar-refractivity contribution is 7.84. The summed E-state index contributed by atoms with van der Waals surface area (Å²) in [5.74, 6) is -0.554. The van der Waals surface area contributed by atoms with Crippen LogP contribution in [-0.2, 0) is 20.3 Å². The van der Waals surface area contributed by atoms with E-state index >= 15 is 0 Å². The lowest BCUT2D eigenvalue weighted by molar-refractivity contribution is -0.149. The number of hydrogen-bond acceptors (Lipinski definition) is 4. The number of ether oxygens (including phenoxy) is 1. The number of amides is 2. The number of carboxylic acids is 1. The second kappa shape index (κ2) is 7.32. The van der Waals surface area contributed by atoms with Crippen molar-refractivity contribution in [3.63, 3.8) is 0 Å². The Morgan fingerprint density at radius 3 is 2.67 bits per heavy atom. The second-order valence-electron chi connectivity index (χ2n) is 4.08. The van der Waals surface area contributed by atoms with E-state index in [2.05, 4.69) is 10.6 Å². The highest BCUT2D eigenvalue weighted by atomic mass is 32.2. The molecule has 0 bridgehead atoms. The maximum absolute atomic E-state index is 11.3. The van der Waals surface area contributed by atoms with Gasteiger partial charge >= 0.3 is 12.0 Å². The van der Waals surface area contributed by atoms with Gasteiger partial charge in [-0.2, -0.15) is 0 Å². The Hall–Kier alpha value is -1.15. The van der Waals surface area contributed by atoms with Crippen LogP contribution in [0.5, 0.6) is 0 Å². The fourth-order valence-electron chi connectivity index (χ4n) is 1.61. The molecule has 3 N–H and O–H groups in total. The molecule has 1 heterocycles. The molecule has 2 amide bonds. The lowest BCUT2D eigenvalue weighted by atomic mass is 10.2. The number of aliphatic carboxylic acids is 1. The molecule has 1 saturated heterocycles. The lowest BCUT2D eigenvalue weighted by Crippen LogP contribution is -2.41. The van der Waals surface area contributed by atoms with Crippen molar-refractivity contribution in [1.29, 1.82) is 0 Å². The number of urea groups is 1. The molecule has 1 aliphatic rings. The average Bonchev–Trinajstić information content (AvgIpc) is 2.74. The van der Waals surface area contributed by atoms with Crippen molar-refractivity contribution in [2.45, 2.75) is 25.0 Å². The number of hydrogen-bond donors (Lipinski definition) is 3. The minimum absolute atomic E-state index is 0.253. The summed E-state index contributed by atoms with van der Waals surface area (Å²) in [6, 6.07) is -0.358. The van der Waals surface area contributed by atoms with E-state index in [4.69, 9.17) is 9.84 Å². The molecule has 0 saturated carbocycles. The van der Waals surface area contributed by atoms with Crippen LogP contribution in [0.25, 0.3) is 0 Å². The highest BCUT2D eigenvalue weighted by Gasteiger charge is 2.30. The Morgan fingerprint density at radius 1 is 1.39 bits per heavy atom. The van der Waals surface area contributed by atoms with Crippen molar-refractivity contribution >= 4 is 22.8 Å². The van der Waals surface area contributed by atoms with Crippen LogP contribution in [0.2, 0.25) is 0 Å². The standard InChI is InChI=1S/C10H18N2O5S/c1-18(16)5-4-11-10(15)12-6-7-2-3-8(17-7)9(13)14/h7-8H,2-6H2,1H3,(H,13,14)(H2,11,12,15). The van der Waals surface area contributed by atoms with Crippen LogP contribution < -0.4 is 10.6 Å². The molecule has 1 rings (SSSR count). The second-order valence-corrected chi connectivity index (χ2v) is 5.63. The molecule has 1 fully saturated rings. The Balaban J connectivity index is 2.12. The normalized spacial score (nSPS) is 24.5. The minimum atomic E-state index is -0.965. The average molecular weight is 278 g/mol. The number of carbonyl (C=O) groups is 2. The SMILES string of the molecule is CS(=O)CCNC(=O)NCC1CCC(C(=O)O)O1. The molecule has 1 aliphatic heterocycles. The van der Waals surface area contributed by atoms with Crippen LogP contribution in [0.3, 0.4) is 0 Å². The molecule has 3 atom stereocenters. The molecule has 0 aromatic heterocycles. The molecular weight excluding hydrogens is 260 g/mol. The summed E-state index contributed by atoms with van der Waals surface area (Å²) in [7, 11) is -0.930. The first-order valence-corrected chi connectivity index (χ1v) is 7.41. The fraction of sp³-hybridized carbons (Fsp3) is 0.800. The third-order valence-corrected chi connectivity index (χ3v) is 3.33. The van der Waals surface area contributed by atoms with Crippen LogP contribution in [0.1, 0.15) is 12.8 Å². The Morgan fingerprint density at radius 2 is 2.11 bits per heavy atom. The summed E-state index contributed by atoms with van der Waals surface area (Å²) in [4.78, 5) is 21.9. The van der Waals surface area contributed by atoms with Gasteiger partial charge in [-0.25, -0.2) is 9.59 Å². The first kappa shape index (κ1) is 14.9. The van der Waals surface area contributed by atoms with Gasteiger partial charge in [-0.05, 0) is 12.8 Å². The number of carbonyl (C=O) groups excluding carboxylic acids is 1. The van der Waals surface area contributed by atoms with E-state index in [0.717, 1.165) is 0 Å². The monoisotopic (exact) mass is 278 g/mol.